The average molecular weight is 254 g/mol. The quantitative estimate of drug-likeness (QED) is 0.645. The molecule has 0 aromatic carbocycles. The summed E-state index contributed by atoms with van der Waals surface area (Å²) in [6.45, 7) is 2.75. The molecular formula is C13H22N2O3. The molecule has 2 amide bonds. The first-order chi connectivity index (χ1) is 8.56. The highest BCUT2D eigenvalue weighted by Gasteiger charge is 2.31. The molecule has 2 aliphatic carbocycles. The first-order valence-corrected chi connectivity index (χ1v) is 6.83. The minimum absolute atomic E-state index is 0.351. The van der Waals surface area contributed by atoms with Crippen LogP contribution in [0.5, 0.6) is 0 Å². The Balaban J connectivity index is 1.68. The van der Waals surface area contributed by atoms with Crippen molar-refractivity contribution in [1.82, 2.24) is 10.6 Å². The molecule has 0 aromatic rings. The monoisotopic (exact) mass is 254 g/mol. The third kappa shape index (κ3) is 4.20. The van der Waals surface area contributed by atoms with Crippen LogP contribution in [0.1, 0.15) is 39.0 Å². The molecule has 2 rings (SSSR count). The Kier molecular flexibility index (Phi) is 4.09. The van der Waals surface area contributed by atoms with E-state index in [4.69, 9.17) is 5.11 Å². The third-order valence-electron chi connectivity index (χ3n) is 3.88. The number of hydrogen-bond donors (Lipinski definition) is 3. The number of aliphatic carboxylic acids is 1. The lowest BCUT2D eigenvalue weighted by Gasteiger charge is -2.16. The summed E-state index contributed by atoms with van der Waals surface area (Å²) in [5, 5.41) is 14.4. The molecule has 3 N–H and O–H groups in total. The van der Waals surface area contributed by atoms with Gasteiger partial charge in [-0.3, -0.25) is 0 Å². The summed E-state index contributed by atoms with van der Waals surface area (Å²) in [6.07, 6.45) is 5.24. The van der Waals surface area contributed by atoms with Crippen LogP contribution in [-0.2, 0) is 4.79 Å². The van der Waals surface area contributed by atoms with Crippen LogP contribution in [0.4, 0.5) is 4.79 Å². The highest BCUT2D eigenvalue weighted by molar-refractivity contribution is 5.82. The summed E-state index contributed by atoms with van der Waals surface area (Å²) in [7, 11) is 0. The van der Waals surface area contributed by atoms with E-state index < -0.39 is 12.0 Å². The Morgan fingerprint density at radius 2 is 1.94 bits per heavy atom. The summed E-state index contributed by atoms with van der Waals surface area (Å²) in [5.74, 6) is 0.776. The van der Waals surface area contributed by atoms with E-state index in [2.05, 4.69) is 17.6 Å². The van der Waals surface area contributed by atoms with Gasteiger partial charge in [0.25, 0.3) is 0 Å². The minimum Gasteiger partial charge on any atom is -0.480 e. The Hall–Kier alpha value is -1.26. The van der Waals surface area contributed by atoms with Gasteiger partial charge in [-0.25, -0.2) is 9.59 Å². The van der Waals surface area contributed by atoms with E-state index >= 15 is 0 Å². The number of urea groups is 1. The first-order valence-electron chi connectivity index (χ1n) is 6.83. The first kappa shape index (κ1) is 13.2. The lowest BCUT2D eigenvalue weighted by atomic mass is 10.1. The number of carbonyl (C=O) groups is 2. The van der Waals surface area contributed by atoms with E-state index in [1.807, 2.05) is 0 Å². The van der Waals surface area contributed by atoms with Crippen LogP contribution in [0.3, 0.4) is 0 Å². The summed E-state index contributed by atoms with van der Waals surface area (Å²) in [6, 6.07) is -1.09. The maximum absolute atomic E-state index is 11.6. The van der Waals surface area contributed by atoms with Crippen molar-refractivity contribution in [3.05, 3.63) is 0 Å². The molecule has 0 bridgehead atoms. The largest absolute Gasteiger partial charge is 0.480 e. The molecule has 2 unspecified atom stereocenters. The van der Waals surface area contributed by atoms with Gasteiger partial charge < -0.3 is 15.7 Å². The molecule has 2 saturated carbocycles. The molecule has 0 radical (unpaired) electrons. The van der Waals surface area contributed by atoms with Crippen LogP contribution >= 0.6 is 0 Å². The number of nitrogens with one attached hydrogen (secondary N) is 2. The molecule has 102 valence electrons. The van der Waals surface area contributed by atoms with Gasteiger partial charge in [-0.15, -0.1) is 0 Å². The predicted molar refractivity (Wildman–Crippen MR) is 67.2 cm³/mol. The Labute approximate surface area is 107 Å². The fraction of sp³-hybridized carbons (Fsp3) is 0.846. The SMILES string of the molecule is CC(CNC(=O)NC(CC1CC1)C(=O)O)C1CC1. The van der Waals surface area contributed by atoms with Gasteiger partial charge in [-0.05, 0) is 37.0 Å². The molecule has 0 saturated heterocycles. The molecule has 0 heterocycles. The lowest BCUT2D eigenvalue weighted by Crippen LogP contribution is -2.47. The maximum Gasteiger partial charge on any atom is 0.326 e. The van der Waals surface area contributed by atoms with Crippen molar-refractivity contribution in [3.63, 3.8) is 0 Å². The van der Waals surface area contributed by atoms with Crippen LogP contribution in [0, 0.1) is 17.8 Å². The van der Waals surface area contributed by atoms with Gasteiger partial charge in [0, 0.05) is 6.54 Å². The predicted octanol–water partition coefficient (Wildman–Crippen LogP) is 1.58. The highest BCUT2D eigenvalue weighted by Crippen LogP contribution is 2.36. The lowest BCUT2D eigenvalue weighted by molar-refractivity contribution is -0.139. The van der Waals surface area contributed by atoms with E-state index in [0.29, 0.717) is 24.8 Å². The standard InChI is InChI=1S/C13H22N2O3/c1-8(10-4-5-10)7-14-13(18)15-11(12(16)17)6-9-2-3-9/h8-11H,2-7H2,1H3,(H,16,17)(H2,14,15,18). The van der Waals surface area contributed by atoms with Gasteiger partial charge in [0.05, 0.1) is 0 Å². The zero-order valence-corrected chi connectivity index (χ0v) is 10.8. The maximum atomic E-state index is 11.6. The molecule has 5 nitrogen and oxygen atoms in total. The van der Waals surface area contributed by atoms with E-state index in [0.717, 1.165) is 18.8 Å². The summed E-state index contributed by atoms with van der Waals surface area (Å²) in [4.78, 5) is 22.6. The van der Waals surface area contributed by atoms with Crippen molar-refractivity contribution in [1.29, 1.82) is 0 Å². The molecule has 0 aliphatic heterocycles. The van der Waals surface area contributed by atoms with Crippen LogP contribution in [0.2, 0.25) is 0 Å². The van der Waals surface area contributed by atoms with E-state index in [-0.39, 0.29) is 6.03 Å². The second-order valence-electron chi connectivity index (χ2n) is 5.74. The number of rotatable bonds is 7. The summed E-state index contributed by atoms with van der Waals surface area (Å²) in [5.41, 5.74) is 0. The van der Waals surface area contributed by atoms with Gasteiger partial charge in [0.2, 0.25) is 0 Å². The molecule has 0 spiro atoms. The Morgan fingerprint density at radius 3 is 2.44 bits per heavy atom. The summed E-state index contributed by atoms with van der Waals surface area (Å²) >= 11 is 0. The number of carboxylic acid groups (broad SMARTS) is 1. The Morgan fingerprint density at radius 1 is 1.28 bits per heavy atom. The molecule has 5 heteroatoms. The van der Waals surface area contributed by atoms with Crippen molar-refractivity contribution in [2.24, 2.45) is 17.8 Å². The van der Waals surface area contributed by atoms with Gasteiger partial charge in [0.1, 0.15) is 6.04 Å². The van der Waals surface area contributed by atoms with Crippen LogP contribution in [0.15, 0.2) is 0 Å². The highest BCUT2D eigenvalue weighted by atomic mass is 16.4. The van der Waals surface area contributed by atoms with Crippen LogP contribution in [-0.4, -0.2) is 29.7 Å². The number of carboxylic acids is 1. The number of amides is 2. The molecule has 2 aliphatic rings. The zero-order valence-electron chi connectivity index (χ0n) is 10.8. The van der Waals surface area contributed by atoms with Gasteiger partial charge in [-0.1, -0.05) is 19.8 Å². The minimum atomic E-state index is -0.938. The van der Waals surface area contributed by atoms with E-state index in [9.17, 15) is 9.59 Å². The average Bonchev–Trinajstić information content (AvgIpc) is 3.14. The number of hydrogen-bond acceptors (Lipinski definition) is 2. The summed E-state index contributed by atoms with van der Waals surface area (Å²) < 4.78 is 0. The molecular weight excluding hydrogens is 232 g/mol. The second kappa shape index (κ2) is 5.59. The molecule has 18 heavy (non-hydrogen) atoms. The van der Waals surface area contributed by atoms with E-state index in [1.54, 1.807) is 0 Å². The van der Waals surface area contributed by atoms with Gasteiger partial charge in [0.15, 0.2) is 0 Å². The van der Waals surface area contributed by atoms with E-state index in [1.165, 1.54) is 12.8 Å². The van der Waals surface area contributed by atoms with Crippen molar-refractivity contribution in [3.8, 4) is 0 Å². The zero-order chi connectivity index (χ0) is 13.1. The van der Waals surface area contributed by atoms with Crippen LogP contribution in [0.25, 0.3) is 0 Å². The molecule has 2 fully saturated rings. The topological polar surface area (TPSA) is 78.4 Å². The van der Waals surface area contributed by atoms with Crippen molar-refractivity contribution >= 4 is 12.0 Å². The fourth-order valence-corrected chi connectivity index (χ4v) is 2.20. The van der Waals surface area contributed by atoms with Crippen LogP contribution < -0.4 is 10.6 Å². The molecule has 0 aromatic heterocycles. The molecule has 2 atom stereocenters. The van der Waals surface area contributed by atoms with Crippen molar-refractivity contribution in [2.45, 2.75) is 45.1 Å². The van der Waals surface area contributed by atoms with Gasteiger partial charge >= 0.3 is 12.0 Å². The third-order valence-corrected chi connectivity index (χ3v) is 3.88. The fourth-order valence-electron chi connectivity index (χ4n) is 2.20. The van der Waals surface area contributed by atoms with Gasteiger partial charge in [-0.2, -0.15) is 0 Å². The second-order valence-corrected chi connectivity index (χ2v) is 5.74. The number of carbonyl (C=O) groups excluding carboxylic acids is 1. The Bertz CT molecular complexity index is 324. The van der Waals surface area contributed by atoms with Crippen molar-refractivity contribution in [2.75, 3.05) is 6.54 Å². The normalized spacial score (nSPS) is 22.1. The van der Waals surface area contributed by atoms with Crippen molar-refractivity contribution < 1.29 is 14.7 Å². The smallest absolute Gasteiger partial charge is 0.326 e.